The van der Waals surface area contributed by atoms with E-state index < -0.39 is 10.7 Å². The Kier molecular flexibility index (Phi) is 4.49. The third kappa shape index (κ3) is 3.35. The number of benzene rings is 2. The number of aliphatic hydroxyl groups is 1. The van der Waals surface area contributed by atoms with Crippen LogP contribution in [0.5, 0.6) is 5.75 Å². The van der Waals surface area contributed by atoms with Crippen molar-refractivity contribution in [2.45, 2.75) is 20.1 Å². The Morgan fingerprint density at radius 1 is 1.33 bits per heavy atom. The Hall–Kier alpha value is -2.47. The van der Waals surface area contributed by atoms with Crippen LogP contribution in [-0.4, -0.2) is 10.0 Å². The molecule has 0 aromatic heterocycles. The Labute approximate surface area is 120 Å². The highest BCUT2D eigenvalue weighted by molar-refractivity contribution is 5.44. The summed E-state index contributed by atoms with van der Waals surface area (Å²) in [5, 5.41) is 19.8. The van der Waals surface area contributed by atoms with Crippen molar-refractivity contribution in [2.24, 2.45) is 0 Å². The summed E-state index contributed by atoms with van der Waals surface area (Å²) < 4.78 is 19.1. The molecule has 2 aromatic carbocycles. The van der Waals surface area contributed by atoms with Gasteiger partial charge in [-0.2, -0.15) is 0 Å². The number of nitrogens with zero attached hydrogens (tertiary/aromatic N) is 1. The second-order valence-electron chi connectivity index (χ2n) is 4.53. The Bertz CT molecular complexity index is 673. The van der Waals surface area contributed by atoms with Crippen LogP contribution in [0.15, 0.2) is 36.4 Å². The van der Waals surface area contributed by atoms with Gasteiger partial charge in [-0.15, -0.1) is 0 Å². The first-order chi connectivity index (χ1) is 10.0. The number of nitro groups is 1. The normalized spacial score (nSPS) is 10.4. The maximum atomic E-state index is 13.7. The van der Waals surface area contributed by atoms with Crippen LogP contribution in [0.25, 0.3) is 0 Å². The second-order valence-corrected chi connectivity index (χ2v) is 4.53. The smallest absolute Gasteiger partial charge is 0.272 e. The van der Waals surface area contributed by atoms with Gasteiger partial charge in [0.2, 0.25) is 0 Å². The van der Waals surface area contributed by atoms with E-state index in [1.54, 1.807) is 25.1 Å². The molecule has 0 radical (unpaired) electrons. The van der Waals surface area contributed by atoms with Gasteiger partial charge in [-0.1, -0.05) is 18.2 Å². The van der Waals surface area contributed by atoms with Gasteiger partial charge in [-0.05, 0) is 30.2 Å². The van der Waals surface area contributed by atoms with Crippen LogP contribution >= 0.6 is 0 Å². The lowest BCUT2D eigenvalue weighted by atomic mass is 10.1. The van der Waals surface area contributed by atoms with E-state index in [9.17, 15) is 14.5 Å². The lowest BCUT2D eigenvalue weighted by molar-refractivity contribution is -0.385. The topological polar surface area (TPSA) is 72.6 Å². The molecule has 2 rings (SSSR count). The van der Waals surface area contributed by atoms with Gasteiger partial charge >= 0.3 is 0 Å². The first-order valence-electron chi connectivity index (χ1n) is 6.28. The summed E-state index contributed by atoms with van der Waals surface area (Å²) in [7, 11) is 0. The fourth-order valence-corrected chi connectivity index (χ4v) is 1.94. The number of rotatable bonds is 5. The van der Waals surface area contributed by atoms with Crippen molar-refractivity contribution in [3.63, 3.8) is 0 Å². The lowest BCUT2D eigenvalue weighted by Crippen LogP contribution is -2.02. The summed E-state index contributed by atoms with van der Waals surface area (Å²) in [6.07, 6.45) is 0. The van der Waals surface area contributed by atoms with Crippen LogP contribution in [-0.2, 0) is 13.2 Å². The van der Waals surface area contributed by atoms with E-state index >= 15 is 0 Å². The van der Waals surface area contributed by atoms with Crippen LogP contribution in [0.2, 0.25) is 0 Å². The number of hydrogen-bond donors (Lipinski definition) is 1. The molecule has 0 spiro atoms. The molecule has 21 heavy (non-hydrogen) atoms. The molecule has 0 amide bonds. The highest BCUT2D eigenvalue weighted by Gasteiger charge is 2.14. The molecule has 1 N–H and O–H groups in total. The third-order valence-corrected chi connectivity index (χ3v) is 3.18. The molecule has 0 saturated heterocycles. The van der Waals surface area contributed by atoms with Crippen LogP contribution in [0.3, 0.4) is 0 Å². The maximum absolute atomic E-state index is 13.7. The van der Waals surface area contributed by atoms with Gasteiger partial charge < -0.3 is 9.84 Å². The van der Waals surface area contributed by atoms with Gasteiger partial charge in [-0.3, -0.25) is 10.1 Å². The molecular weight excluding hydrogens is 277 g/mol. The van der Waals surface area contributed by atoms with Crippen molar-refractivity contribution >= 4 is 5.69 Å². The van der Waals surface area contributed by atoms with Crippen LogP contribution in [0, 0.1) is 22.9 Å². The average molecular weight is 291 g/mol. The standard InChI is InChI=1S/C15H14FNO4/c1-10-12(3-2-4-14(10)17(19)20)9-21-15-6-5-11(8-18)7-13(15)16/h2-7,18H,8-9H2,1H3. The number of hydrogen-bond acceptors (Lipinski definition) is 4. The zero-order valence-corrected chi connectivity index (χ0v) is 11.4. The van der Waals surface area contributed by atoms with Crippen molar-refractivity contribution in [1.29, 1.82) is 0 Å². The minimum absolute atomic E-state index is 0.00667. The molecule has 0 aliphatic rings. The molecule has 5 nitrogen and oxygen atoms in total. The fraction of sp³-hybridized carbons (Fsp3) is 0.200. The van der Waals surface area contributed by atoms with Crippen LogP contribution in [0.1, 0.15) is 16.7 Å². The summed E-state index contributed by atoms with van der Waals surface area (Å²) in [4.78, 5) is 10.4. The molecule has 0 unspecified atom stereocenters. The van der Waals surface area contributed by atoms with Gasteiger partial charge in [0, 0.05) is 11.6 Å². The van der Waals surface area contributed by atoms with Gasteiger partial charge in [0.05, 0.1) is 11.5 Å². The van der Waals surface area contributed by atoms with E-state index in [0.717, 1.165) is 0 Å². The number of ether oxygens (including phenoxy) is 1. The Morgan fingerprint density at radius 3 is 2.71 bits per heavy atom. The fourth-order valence-electron chi connectivity index (χ4n) is 1.94. The minimum atomic E-state index is -0.579. The van der Waals surface area contributed by atoms with Crippen LogP contribution < -0.4 is 4.74 Å². The summed E-state index contributed by atoms with van der Waals surface area (Å²) >= 11 is 0. The average Bonchev–Trinajstić information content (AvgIpc) is 2.46. The van der Waals surface area contributed by atoms with Crippen molar-refractivity contribution in [2.75, 3.05) is 0 Å². The van der Waals surface area contributed by atoms with E-state index in [0.29, 0.717) is 16.7 Å². The molecular formula is C15H14FNO4. The van der Waals surface area contributed by atoms with Gasteiger partial charge in [0.1, 0.15) is 6.61 Å². The molecule has 0 aliphatic heterocycles. The van der Waals surface area contributed by atoms with Crippen molar-refractivity contribution in [3.8, 4) is 5.75 Å². The Balaban J connectivity index is 2.17. The van der Waals surface area contributed by atoms with Gasteiger partial charge in [0.15, 0.2) is 11.6 Å². The SMILES string of the molecule is Cc1c(COc2ccc(CO)cc2F)cccc1[N+](=O)[O-]. The largest absolute Gasteiger partial charge is 0.486 e. The highest BCUT2D eigenvalue weighted by atomic mass is 19.1. The van der Waals surface area contributed by atoms with Crippen LogP contribution in [0.4, 0.5) is 10.1 Å². The van der Waals surface area contributed by atoms with Gasteiger partial charge in [0.25, 0.3) is 5.69 Å². The second kappa shape index (κ2) is 6.32. The van der Waals surface area contributed by atoms with Gasteiger partial charge in [-0.25, -0.2) is 4.39 Å². The lowest BCUT2D eigenvalue weighted by Gasteiger charge is -2.10. The summed E-state index contributed by atoms with van der Waals surface area (Å²) in [6, 6.07) is 8.84. The molecule has 110 valence electrons. The summed E-state index contributed by atoms with van der Waals surface area (Å²) in [5.41, 5.74) is 1.57. The van der Waals surface area contributed by atoms with E-state index in [1.807, 2.05) is 0 Å². The summed E-state index contributed by atoms with van der Waals surface area (Å²) in [6.45, 7) is 1.41. The predicted molar refractivity (Wildman–Crippen MR) is 74.5 cm³/mol. The molecule has 6 heteroatoms. The monoisotopic (exact) mass is 291 g/mol. The molecule has 0 atom stereocenters. The quantitative estimate of drug-likeness (QED) is 0.678. The molecule has 2 aromatic rings. The summed E-state index contributed by atoms with van der Waals surface area (Å²) in [5.74, 6) is -0.539. The van der Waals surface area contributed by atoms with E-state index in [1.165, 1.54) is 18.2 Å². The number of nitro benzene ring substituents is 1. The molecule has 0 aliphatic carbocycles. The van der Waals surface area contributed by atoms with Crippen molar-refractivity contribution < 1.29 is 19.2 Å². The third-order valence-electron chi connectivity index (χ3n) is 3.18. The van der Waals surface area contributed by atoms with E-state index in [-0.39, 0.29) is 24.7 Å². The number of halogens is 1. The van der Waals surface area contributed by atoms with E-state index in [4.69, 9.17) is 9.84 Å². The molecule has 0 bridgehead atoms. The molecule has 0 saturated carbocycles. The number of aliphatic hydroxyl groups excluding tert-OH is 1. The first kappa shape index (κ1) is 14.9. The Morgan fingerprint density at radius 2 is 2.10 bits per heavy atom. The van der Waals surface area contributed by atoms with E-state index in [2.05, 4.69) is 0 Å². The highest BCUT2D eigenvalue weighted by Crippen LogP contribution is 2.24. The molecule has 0 heterocycles. The first-order valence-corrected chi connectivity index (χ1v) is 6.28. The maximum Gasteiger partial charge on any atom is 0.272 e. The molecule has 0 fully saturated rings. The zero-order chi connectivity index (χ0) is 15.4. The van der Waals surface area contributed by atoms with Crippen molar-refractivity contribution in [1.82, 2.24) is 0 Å². The predicted octanol–water partition coefficient (Wildman–Crippen LogP) is 3.11. The zero-order valence-electron chi connectivity index (χ0n) is 11.4. The van der Waals surface area contributed by atoms with Crippen molar-refractivity contribution in [3.05, 3.63) is 69.0 Å². The minimum Gasteiger partial charge on any atom is -0.486 e.